The first-order valence-corrected chi connectivity index (χ1v) is 12.2. The van der Waals surface area contributed by atoms with E-state index in [1.165, 1.54) is 9.20 Å². The summed E-state index contributed by atoms with van der Waals surface area (Å²) in [6.45, 7) is 7.06. The van der Waals surface area contributed by atoms with Crippen molar-refractivity contribution >= 4 is 27.7 Å². The maximum Gasteiger partial charge on any atom is 0.215 e. The van der Waals surface area contributed by atoms with E-state index in [0.717, 1.165) is 31.2 Å². The van der Waals surface area contributed by atoms with Crippen molar-refractivity contribution < 1.29 is 8.42 Å². The fourth-order valence-corrected chi connectivity index (χ4v) is 5.72. The Morgan fingerprint density at radius 2 is 2.00 bits per heavy atom. The standard InChI is InChI=1S/C19H32N4O2S2/c1-4-23(5-2)27(24,25)14-12-21-19(20-3)22-13-11-17(15-22)16-26-18-9-7-6-8-10-18/h6-10,17H,4-5,11-16H2,1-3H3,(H,20,21). The number of likely N-dealkylation sites (tertiary alicyclic amines) is 1. The number of thioether (sulfide) groups is 1. The molecule has 8 heteroatoms. The smallest absolute Gasteiger partial charge is 0.215 e. The van der Waals surface area contributed by atoms with Gasteiger partial charge in [0.25, 0.3) is 0 Å². The Morgan fingerprint density at radius 3 is 2.63 bits per heavy atom. The van der Waals surface area contributed by atoms with Crippen molar-refractivity contribution in [3.63, 3.8) is 0 Å². The van der Waals surface area contributed by atoms with Crippen LogP contribution in [0.3, 0.4) is 0 Å². The Labute approximate surface area is 168 Å². The largest absolute Gasteiger partial charge is 0.355 e. The van der Waals surface area contributed by atoms with Crippen LogP contribution >= 0.6 is 11.8 Å². The molecule has 1 aliphatic rings. The number of aliphatic imine (C=N–C) groups is 1. The fraction of sp³-hybridized carbons (Fsp3) is 0.632. The first-order valence-electron chi connectivity index (χ1n) is 9.61. The second-order valence-electron chi connectivity index (χ2n) is 6.60. The van der Waals surface area contributed by atoms with Crippen LogP contribution in [0.5, 0.6) is 0 Å². The van der Waals surface area contributed by atoms with E-state index in [1.807, 2.05) is 31.7 Å². The van der Waals surface area contributed by atoms with Gasteiger partial charge in [0.15, 0.2) is 5.96 Å². The summed E-state index contributed by atoms with van der Waals surface area (Å²) in [5, 5.41) is 3.23. The van der Waals surface area contributed by atoms with Gasteiger partial charge in [-0.05, 0) is 24.5 Å². The Morgan fingerprint density at radius 1 is 1.30 bits per heavy atom. The molecule has 1 aromatic carbocycles. The van der Waals surface area contributed by atoms with E-state index in [4.69, 9.17) is 0 Å². The number of rotatable bonds is 9. The summed E-state index contributed by atoms with van der Waals surface area (Å²) in [7, 11) is -1.45. The van der Waals surface area contributed by atoms with Gasteiger partial charge in [0, 0.05) is 50.4 Å². The Balaban J connectivity index is 1.77. The minimum absolute atomic E-state index is 0.0921. The van der Waals surface area contributed by atoms with Crippen LogP contribution in [0.4, 0.5) is 0 Å². The molecule has 1 unspecified atom stereocenters. The summed E-state index contributed by atoms with van der Waals surface area (Å²) in [6.07, 6.45) is 1.14. The van der Waals surface area contributed by atoms with Crippen LogP contribution in [0, 0.1) is 5.92 Å². The van der Waals surface area contributed by atoms with Crippen LogP contribution in [0.1, 0.15) is 20.3 Å². The lowest BCUT2D eigenvalue weighted by Gasteiger charge is -2.23. The summed E-state index contributed by atoms with van der Waals surface area (Å²) < 4.78 is 26.1. The van der Waals surface area contributed by atoms with E-state index in [9.17, 15) is 8.42 Å². The molecular formula is C19H32N4O2S2. The molecule has 27 heavy (non-hydrogen) atoms. The highest BCUT2D eigenvalue weighted by atomic mass is 32.2. The monoisotopic (exact) mass is 412 g/mol. The molecule has 1 aromatic rings. The van der Waals surface area contributed by atoms with E-state index < -0.39 is 10.0 Å². The third kappa shape index (κ3) is 6.69. The number of hydrogen-bond acceptors (Lipinski definition) is 4. The van der Waals surface area contributed by atoms with Crippen molar-refractivity contribution in [1.82, 2.24) is 14.5 Å². The van der Waals surface area contributed by atoms with Crippen LogP contribution in [-0.2, 0) is 10.0 Å². The van der Waals surface area contributed by atoms with E-state index >= 15 is 0 Å². The molecule has 1 atom stereocenters. The number of nitrogens with zero attached hydrogens (tertiary/aromatic N) is 3. The summed E-state index contributed by atoms with van der Waals surface area (Å²) in [6, 6.07) is 10.5. The predicted octanol–water partition coefficient (Wildman–Crippen LogP) is 2.35. The topological polar surface area (TPSA) is 65.0 Å². The van der Waals surface area contributed by atoms with Crippen LogP contribution in [0.2, 0.25) is 0 Å². The Kier molecular flexibility index (Phi) is 8.92. The van der Waals surface area contributed by atoms with Crippen molar-refractivity contribution in [3.05, 3.63) is 30.3 Å². The zero-order valence-electron chi connectivity index (χ0n) is 16.6. The molecule has 0 aromatic heterocycles. The maximum atomic E-state index is 12.3. The van der Waals surface area contributed by atoms with Crippen molar-refractivity contribution in [3.8, 4) is 0 Å². The van der Waals surface area contributed by atoms with Gasteiger partial charge in [-0.1, -0.05) is 32.0 Å². The summed E-state index contributed by atoms with van der Waals surface area (Å²) >= 11 is 1.90. The van der Waals surface area contributed by atoms with Gasteiger partial charge < -0.3 is 10.2 Å². The average Bonchev–Trinajstić information content (AvgIpc) is 3.14. The minimum atomic E-state index is -3.21. The fourth-order valence-electron chi connectivity index (χ4n) is 3.26. The van der Waals surface area contributed by atoms with Crippen molar-refractivity contribution in [1.29, 1.82) is 0 Å². The zero-order valence-corrected chi connectivity index (χ0v) is 18.2. The SMILES string of the molecule is CCN(CC)S(=O)(=O)CCNC(=NC)N1CCC(CSc2ccccc2)C1. The number of hydrogen-bond donors (Lipinski definition) is 1. The lowest BCUT2D eigenvalue weighted by Crippen LogP contribution is -2.43. The van der Waals surface area contributed by atoms with Crippen molar-refractivity contribution in [2.45, 2.75) is 25.2 Å². The molecular weight excluding hydrogens is 380 g/mol. The maximum absolute atomic E-state index is 12.3. The number of nitrogens with one attached hydrogen (secondary N) is 1. The highest BCUT2D eigenvalue weighted by Gasteiger charge is 2.25. The molecule has 0 bridgehead atoms. The van der Waals surface area contributed by atoms with E-state index in [-0.39, 0.29) is 5.75 Å². The summed E-state index contributed by atoms with van der Waals surface area (Å²) in [5.41, 5.74) is 0. The normalized spacial score (nSPS) is 18.3. The molecule has 0 aliphatic carbocycles. The highest BCUT2D eigenvalue weighted by Crippen LogP contribution is 2.25. The second-order valence-corrected chi connectivity index (χ2v) is 9.78. The molecule has 0 saturated carbocycles. The van der Waals surface area contributed by atoms with Crippen molar-refractivity contribution in [2.24, 2.45) is 10.9 Å². The van der Waals surface area contributed by atoms with Gasteiger partial charge in [0.1, 0.15) is 0 Å². The number of benzene rings is 1. The Hall–Kier alpha value is -1.25. The van der Waals surface area contributed by atoms with E-state index in [1.54, 1.807) is 7.05 Å². The van der Waals surface area contributed by atoms with Gasteiger partial charge in [-0.2, -0.15) is 0 Å². The molecule has 1 fully saturated rings. The minimum Gasteiger partial charge on any atom is -0.355 e. The summed E-state index contributed by atoms with van der Waals surface area (Å²) in [5.74, 6) is 2.60. The van der Waals surface area contributed by atoms with E-state index in [0.29, 0.717) is 25.6 Å². The summed E-state index contributed by atoms with van der Waals surface area (Å²) in [4.78, 5) is 7.89. The first kappa shape index (κ1) is 22.0. The van der Waals surface area contributed by atoms with Gasteiger partial charge in [-0.15, -0.1) is 11.8 Å². The number of sulfonamides is 1. The molecule has 2 rings (SSSR count). The predicted molar refractivity (Wildman–Crippen MR) is 115 cm³/mol. The molecule has 152 valence electrons. The van der Waals surface area contributed by atoms with Gasteiger partial charge in [-0.25, -0.2) is 12.7 Å². The lowest BCUT2D eigenvalue weighted by atomic mass is 10.2. The Bertz CT molecular complexity index is 691. The third-order valence-corrected chi connectivity index (χ3v) is 8.03. The van der Waals surface area contributed by atoms with Crippen LogP contribution in [-0.4, -0.2) is 74.9 Å². The lowest BCUT2D eigenvalue weighted by molar-refractivity contribution is 0.443. The molecule has 1 saturated heterocycles. The molecule has 1 aliphatic heterocycles. The molecule has 1 N–H and O–H groups in total. The number of guanidine groups is 1. The van der Waals surface area contributed by atoms with E-state index in [2.05, 4.69) is 39.5 Å². The molecule has 0 radical (unpaired) electrons. The zero-order chi connectivity index (χ0) is 19.7. The van der Waals surface area contributed by atoms with Crippen molar-refractivity contribution in [2.75, 3.05) is 51.3 Å². The second kappa shape index (κ2) is 10.9. The van der Waals surface area contributed by atoms with Gasteiger partial charge in [0.2, 0.25) is 10.0 Å². The van der Waals surface area contributed by atoms with Gasteiger partial charge in [-0.3, -0.25) is 4.99 Å². The molecule has 1 heterocycles. The van der Waals surface area contributed by atoms with Crippen LogP contribution in [0.25, 0.3) is 0 Å². The van der Waals surface area contributed by atoms with Crippen LogP contribution in [0.15, 0.2) is 40.2 Å². The highest BCUT2D eigenvalue weighted by molar-refractivity contribution is 7.99. The van der Waals surface area contributed by atoms with Gasteiger partial charge in [0.05, 0.1) is 5.75 Å². The van der Waals surface area contributed by atoms with Crippen LogP contribution < -0.4 is 5.32 Å². The molecule has 6 nitrogen and oxygen atoms in total. The average molecular weight is 413 g/mol. The first-order chi connectivity index (χ1) is 13.0. The molecule has 0 amide bonds. The third-order valence-electron chi connectivity index (χ3n) is 4.77. The van der Waals surface area contributed by atoms with Gasteiger partial charge >= 0.3 is 0 Å². The quantitative estimate of drug-likeness (QED) is 0.383. The molecule has 0 spiro atoms.